The van der Waals surface area contributed by atoms with E-state index in [4.69, 9.17) is 10.5 Å². The van der Waals surface area contributed by atoms with E-state index in [0.717, 1.165) is 10.0 Å². The molecule has 1 atom stereocenters. The Morgan fingerprint density at radius 3 is 2.73 bits per heavy atom. The molecule has 0 saturated carbocycles. The molecule has 1 aromatic rings. The molecule has 0 saturated heterocycles. The number of primary amides is 1. The summed E-state index contributed by atoms with van der Waals surface area (Å²) in [6, 6.07) is 4.88. The Hall–Kier alpha value is -1.07. The first-order valence-electron chi connectivity index (χ1n) is 4.40. The van der Waals surface area contributed by atoms with E-state index in [9.17, 15) is 4.79 Å². The van der Waals surface area contributed by atoms with Crippen LogP contribution in [0.3, 0.4) is 0 Å². The molecule has 0 aliphatic rings. The summed E-state index contributed by atoms with van der Waals surface area (Å²) in [6.07, 6.45) is 0. The highest BCUT2D eigenvalue weighted by Crippen LogP contribution is 2.27. The third-order valence-electron chi connectivity index (χ3n) is 2.09. The maximum Gasteiger partial charge on any atom is 0.239 e. The summed E-state index contributed by atoms with van der Waals surface area (Å²) in [7, 11) is 3.26. The van der Waals surface area contributed by atoms with Gasteiger partial charge in [-0.2, -0.15) is 0 Å². The van der Waals surface area contributed by atoms with Crippen molar-refractivity contribution in [2.24, 2.45) is 5.73 Å². The van der Waals surface area contributed by atoms with Gasteiger partial charge in [-0.15, -0.1) is 0 Å². The van der Waals surface area contributed by atoms with E-state index < -0.39 is 11.9 Å². The molecule has 0 fully saturated rings. The lowest BCUT2D eigenvalue weighted by molar-refractivity contribution is -0.120. The van der Waals surface area contributed by atoms with Crippen molar-refractivity contribution in [3.63, 3.8) is 0 Å². The number of likely N-dealkylation sites (N-methyl/N-ethyl adjacent to an activating group) is 1. The number of ether oxygens (including phenoxy) is 1. The average Bonchev–Trinajstić information content (AvgIpc) is 2.21. The lowest BCUT2D eigenvalue weighted by atomic mass is 10.1. The smallest absolute Gasteiger partial charge is 0.239 e. The van der Waals surface area contributed by atoms with Gasteiger partial charge in [0.05, 0.1) is 7.11 Å². The van der Waals surface area contributed by atoms with Crippen molar-refractivity contribution in [3.8, 4) is 5.75 Å². The molecule has 4 nitrogen and oxygen atoms in total. The van der Waals surface area contributed by atoms with Crippen molar-refractivity contribution in [1.29, 1.82) is 0 Å². The van der Waals surface area contributed by atoms with Crippen LogP contribution in [0.15, 0.2) is 22.7 Å². The highest BCUT2D eigenvalue weighted by molar-refractivity contribution is 9.10. The molecule has 0 aromatic heterocycles. The SMILES string of the molecule is CN[C@H](C(N)=O)c1cc(OC)ccc1Br. The van der Waals surface area contributed by atoms with Gasteiger partial charge in [-0.1, -0.05) is 15.9 Å². The normalized spacial score (nSPS) is 12.2. The Morgan fingerprint density at radius 1 is 1.60 bits per heavy atom. The van der Waals surface area contributed by atoms with Gasteiger partial charge < -0.3 is 15.8 Å². The summed E-state index contributed by atoms with van der Waals surface area (Å²) in [6.45, 7) is 0. The predicted octanol–water partition coefficient (Wildman–Crippen LogP) is 1.20. The maximum absolute atomic E-state index is 11.2. The molecule has 0 unspecified atom stereocenters. The highest BCUT2D eigenvalue weighted by Gasteiger charge is 2.18. The number of hydrogen-bond donors (Lipinski definition) is 2. The molecular weight excluding hydrogens is 260 g/mol. The Labute approximate surface area is 96.9 Å². The average molecular weight is 273 g/mol. The zero-order valence-corrected chi connectivity index (χ0v) is 10.2. The third-order valence-corrected chi connectivity index (χ3v) is 2.81. The van der Waals surface area contributed by atoms with Crippen LogP contribution < -0.4 is 15.8 Å². The second-order valence-electron chi connectivity index (χ2n) is 3.01. The summed E-state index contributed by atoms with van der Waals surface area (Å²) >= 11 is 3.37. The van der Waals surface area contributed by atoms with Crippen molar-refractivity contribution < 1.29 is 9.53 Å². The van der Waals surface area contributed by atoms with E-state index in [1.807, 2.05) is 6.07 Å². The van der Waals surface area contributed by atoms with Crippen LogP contribution in [0.2, 0.25) is 0 Å². The summed E-state index contributed by atoms with van der Waals surface area (Å²) in [5.74, 6) is 0.265. The molecule has 0 aliphatic carbocycles. The fraction of sp³-hybridized carbons (Fsp3) is 0.300. The van der Waals surface area contributed by atoms with Crippen LogP contribution in [0.1, 0.15) is 11.6 Å². The molecule has 1 amide bonds. The Bertz CT molecular complexity index is 368. The van der Waals surface area contributed by atoms with Gasteiger partial charge in [0.25, 0.3) is 0 Å². The first kappa shape index (κ1) is 12.0. The predicted molar refractivity (Wildman–Crippen MR) is 61.7 cm³/mol. The van der Waals surface area contributed by atoms with Gasteiger partial charge in [0.1, 0.15) is 11.8 Å². The number of halogens is 1. The molecule has 1 rings (SSSR count). The monoisotopic (exact) mass is 272 g/mol. The topological polar surface area (TPSA) is 64.3 Å². The number of nitrogens with one attached hydrogen (secondary N) is 1. The van der Waals surface area contributed by atoms with Gasteiger partial charge >= 0.3 is 0 Å². The fourth-order valence-corrected chi connectivity index (χ4v) is 1.80. The number of carbonyl (C=O) groups excluding carboxylic acids is 1. The van der Waals surface area contributed by atoms with Crippen LogP contribution in [0.4, 0.5) is 0 Å². The molecule has 0 bridgehead atoms. The lowest BCUT2D eigenvalue weighted by Gasteiger charge is -2.15. The van der Waals surface area contributed by atoms with E-state index in [0.29, 0.717) is 5.75 Å². The Kier molecular flexibility index (Phi) is 4.11. The van der Waals surface area contributed by atoms with Crippen LogP contribution in [0, 0.1) is 0 Å². The molecule has 1 aromatic carbocycles. The molecular formula is C10H13BrN2O2. The van der Waals surface area contributed by atoms with E-state index in [-0.39, 0.29) is 0 Å². The molecule has 0 radical (unpaired) electrons. The van der Waals surface area contributed by atoms with Gasteiger partial charge in [-0.25, -0.2) is 0 Å². The summed E-state index contributed by atoms with van der Waals surface area (Å²) in [5, 5.41) is 2.85. The largest absolute Gasteiger partial charge is 0.497 e. The number of benzene rings is 1. The molecule has 5 heteroatoms. The van der Waals surface area contributed by atoms with Gasteiger partial charge in [-0.3, -0.25) is 4.79 Å². The first-order valence-corrected chi connectivity index (χ1v) is 5.19. The van der Waals surface area contributed by atoms with Crippen molar-refractivity contribution in [2.75, 3.05) is 14.2 Å². The van der Waals surface area contributed by atoms with E-state index in [1.54, 1.807) is 26.3 Å². The van der Waals surface area contributed by atoms with Crippen LogP contribution in [0.25, 0.3) is 0 Å². The van der Waals surface area contributed by atoms with Gasteiger partial charge in [0.15, 0.2) is 0 Å². The zero-order valence-electron chi connectivity index (χ0n) is 8.58. The number of hydrogen-bond acceptors (Lipinski definition) is 3. The maximum atomic E-state index is 11.2. The highest BCUT2D eigenvalue weighted by atomic mass is 79.9. The number of amides is 1. The van der Waals surface area contributed by atoms with E-state index in [2.05, 4.69) is 21.2 Å². The van der Waals surface area contributed by atoms with Gasteiger partial charge in [-0.05, 0) is 30.8 Å². The van der Waals surface area contributed by atoms with E-state index >= 15 is 0 Å². The minimum absolute atomic E-state index is 0.425. The zero-order chi connectivity index (χ0) is 11.4. The third kappa shape index (κ3) is 2.70. The summed E-state index contributed by atoms with van der Waals surface area (Å²) < 4.78 is 5.90. The Morgan fingerprint density at radius 2 is 2.27 bits per heavy atom. The second kappa shape index (κ2) is 5.14. The van der Waals surface area contributed by atoms with Gasteiger partial charge in [0, 0.05) is 4.47 Å². The number of carbonyl (C=O) groups is 1. The minimum atomic E-state index is -0.519. The first-order chi connectivity index (χ1) is 7.10. The quantitative estimate of drug-likeness (QED) is 0.866. The minimum Gasteiger partial charge on any atom is -0.497 e. The molecule has 82 valence electrons. The number of nitrogens with two attached hydrogens (primary N) is 1. The lowest BCUT2D eigenvalue weighted by Crippen LogP contribution is -2.31. The van der Waals surface area contributed by atoms with Crippen molar-refractivity contribution in [3.05, 3.63) is 28.2 Å². The van der Waals surface area contributed by atoms with Crippen molar-refractivity contribution >= 4 is 21.8 Å². The second-order valence-corrected chi connectivity index (χ2v) is 3.87. The summed E-state index contributed by atoms with van der Waals surface area (Å²) in [4.78, 5) is 11.2. The number of rotatable bonds is 4. The standard InChI is InChI=1S/C10H13BrN2O2/c1-13-9(10(12)14)7-5-6(15-2)3-4-8(7)11/h3-5,9,13H,1-2H3,(H2,12,14)/t9-/m0/s1. The molecule has 0 heterocycles. The fourth-order valence-electron chi connectivity index (χ4n) is 1.32. The van der Waals surface area contributed by atoms with Crippen molar-refractivity contribution in [1.82, 2.24) is 5.32 Å². The molecule has 0 spiro atoms. The Balaban J connectivity index is 3.15. The van der Waals surface area contributed by atoms with Crippen LogP contribution in [-0.4, -0.2) is 20.1 Å². The van der Waals surface area contributed by atoms with Crippen molar-refractivity contribution in [2.45, 2.75) is 6.04 Å². The molecule has 3 N–H and O–H groups in total. The number of methoxy groups -OCH3 is 1. The van der Waals surface area contributed by atoms with Crippen LogP contribution >= 0.6 is 15.9 Å². The molecule has 0 aliphatic heterocycles. The molecule has 15 heavy (non-hydrogen) atoms. The van der Waals surface area contributed by atoms with Crippen LogP contribution in [-0.2, 0) is 4.79 Å². The van der Waals surface area contributed by atoms with E-state index in [1.165, 1.54) is 0 Å². The van der Waals surface area contributed by atoms with Gasteiger partial charge in [0.2, 0.25) is 5.91 Å². The van der Waals surface area contributed by atoms with Crippen LogP contribution in [0.5, 0.6) is 5.75 Å². The summed E-state index contributed by atoms with van der Waals surface area (Å²) in [5.41, 5.74) is 6.04.